The van der Waals surface area contributed by atoms with Crippen molar-refractivity contribution in [2.45, 2.75) is 56.1 Å². The van der Waals surface area contributed by atoms with E-state index in [4.69, 9.17) is 4.74 Å². The maximum absolute atomic E-state index is 13.6. The molecule has 0 aliphatic carbocycles. The summed E-state index contributed by atoms with van der Waals surface area (Å²) >= 11 is 0. The maximum Gasteiger partial charge on any atom is 0.268 e. The van der Waals surface area contributed by atoms with E-state index < -0.39 is 10.0 Å². The second kappa shape index (κ2) is 9.88. The first-order valence-electron chi connectivity index (χ1n) is 13.5. The van der Waals surface area contributed by atoms with E-state index in [0.29, 0.717) is 11.1 Å². The van der Waals surface area contributed by atoms with E-state index in [1.807, 2.05) is 24.3 Å². The Morgan fingerprint density at radius 1 is 0.974 bits per heavy atom. The summed E-state index contributed by atoms with van der Waals surface area (Å²) < 4.78 is 34.9. The number of ether oxygens (including phenoxy) is 1. The molecule has 1 fully saturated rings. The molecule has 3 aromatic carbocycles. The van der Waals surface area contributed by atoms with Crippen LogP contribution in [-0.4, -0.2) is 42.0 Å². The highest BCUT2D eigenvalue weighted by molar-refractivity contribution is 7.90. The summed E-state index contributed by atoms with van der Waals surface area (Å²) in [7, 11) is -3.84. The van der Waals surface area contributed by atoms with Crippen LogP contribution in [0.15, 0.2) is 77.8 Å². The van der Waals surface area contributed by atoms with E-state index in [0.717, 1.165) is 69.3 Å². The second-order valence-corrected chi connectivity index (χ2v) is 12.4. The first-order valence-corrected chi connectivity index (χ1v) is 14.9. The second-order valence-electron chi connectivity index (χ2n) is 10.7. The third kappa shape index (κ3) is 4.42. The molecule has 1 saturated heterocycles. The van der Waals surface area contributed by atoms with Crippen LogP contribution in [0.1, 0.15) is 47.9 Å². The van der Waals surface area contributed by atoms with Gasteiger partial charge in [-0.25, -0.2) is 12.4 Å². The van der Waals surface area contributed by atoms with Crippen LogP contribution >= 0.6 is 0 Å². The standard InChI is InChI=1S/C31H34N2O4S/c1-23-13-14-26(34)20-30(23)38(35,36)33-21-24(27-10-3-5-12-29(27)33)8-6-7-17-32-18-15-31(16-19-32)28-11-4-2-9-25(28)22-37-31/h2-5,9-14,20-21,34H,6-8,15-19,22H2,1H3. The zero-order valence-electron chi connectivity index (χ0n) is 21.8. The summed E-state index contributed by atoms with van der Waals surface area (Å²) in [4.78, 5) is 2.66. The number of aromatic hydroxyl groups is 1. The van der Waals surface area contributed by atoms with Gasteiger partial charge in [0.25, 0.3) is 10.0 Å². The number of aryl methyl sites for hydroxylation is 2. The lowest BCUT2D eigenvalue weighted by Gasteiger charge is -2.39. The van der Waals surface area contributed by atoms with Crippen LogP contribution in [0.3, 0.4) is 0 Å². The largest absolute Gasteiger partial charge is 0.508 e. The highest BCUT2D eigenvalue weighted by Crippen LogP contribution is 2.44. The molecule has 0 saturated carbocycles. The number of piperidine rings is 1. The number of hydrogen-bond donors (Lipinski definition) is 1. The predicted octanol–water partition coefficient (Wildman–Crippen LogP) is 5.74. The average molecular weight is 531 g/mol. The fourth-order valence-electron chi connectivity index (χ4n) is 6.18. The quantitative estimate of drug-likeness (QED) is 0.309. The van der Waals surface area contributed by atoms with Crippen LogP contribution in [0.2, 0.25) is 0 Å². The monoisotopic (exact) mass is 530 g/mol. The molecule has 0 unspecified atom stereocenters. The van der Waals surface area contributed by atoms with Gasteiger partial charge in [-0.2, -0.15) is 0 Å². The van der Waals surface area contributed by atoms with E-state index >= 15 is 0 Å². The van der Waals surface area contributed by atoms with Crippen LogP contribution in [0.5, 0.6) is 5.75 Å². The van der Waals surface area contributed by atoms with Gasteiger partial charge in [0, 0.05) is 30.7 Å². The Bertz CT molecular complexity index is 1580. The maximum atomic E-state index is 13.6. The number of hydrogen-bond acceptors (Lipinski definition) is 5. The van der Waals surface area contributed by atoms with E-state index in [1.54, 1.807) is 19.2 Å². The number of fused-ring (bicyclic) bond motifs is 3. The lowest BCUT2D eigenvalue weighted by atomic mass is 9.84. The number of likely N-dealkylation sites (tertiary alicyclic amines) is 1. The molecule has 0 bridgehead atoms. The number of para-hydroxylation sites is 1. The van der Waals surface area contributed by atoms with Crippen LogP contribution < -0.4 is 0 Å². The zero-order valence-corrected chi connectivity index (χ0v) is 22.6. The van der Waals surface area contributed by atoms with Crippen molar-refractivity contribution in [2.24, 2.45) is 0 Å². The van der Waals surface area contributed by atoms with Gasteiger partial charge in [-0.05, 0) is 80.0 Å². The van der Waals surface area contributed by atoms with E-state index in [9.17, 15) is 13.5 Å². The van der Waals surface area contributed by atoms with Gasteiger partial charge in [0.05, 0.1) is 22.6 Å². The third-order valence-electron chi connectivity index (χ3n) is 8.32. The number of phenols is 1. The molecule has 4 aromatic rings. The van der Waals surface area contributed by atoms with Gasteiger partial charge in [-0.3, -0.25) is 0 Å². The van der Waals surface area contributed by atoms with Crippen molar-refractivity contribution in [3.8, 4) is 5.75 Å². The summed E-state index contributed by atoms with van der Waals surface area (Å²) in [5, 5.41) is 10.9. The number of rotatable bonds is 7. The van der Waals surface area contributed by atoms with Gasteiger partial charge in [-0.1, -0.05) is 48.5 Å². The summed E-state index contributed by atoms with van der Waals surface area (Å²) in [5.74, 6) is -0.0572. The van der Waals surface area contributed by atoms with E-state index in [-0.39, 0.29) is 16.2 Å². The Balaban J connectivity index is 1.11. The van der Waals surface area contributed by atoms with Crippen molar-refractivity contribution in [1.29, 1.82) is 0 Å². The van der Waals surface area contributed by atoms with Crippen LogP contribution in [0.4, 0.5) is 0 Å². The highest BCUT2D eigenvalue weighted by Gasteiger charge is 2.42. The highest BCUT2D eigenvalue weighted by atomic mass is 32.2. The minimum Gasteiger partial charge on any atom is -0.508 e. The molecule has 1 spiro atoms. The van der Waals surface area contributed by atoms with Crippen molar-refractivity contribution < 1.29 is 18.3 Å². The summed E-state index contributed by atoms with van der Waals surface area (Å²) in [6.07, 6.45) is 6.69. The zero-order chi connectivity index (χ0) is 26.3. The number of benzene rings is 3. The van der Waals surface area contributed by atoms with Gasteiger partial charge in [0.1, 0.15) is 5.75 Å². The summed E-state index contributed by atoms with van der Waals surface area (Å²) in [6.45, 7) is 5.59. The molecule has 2 aliphatic heterocycles. The Labute approximate surface area is 224 Å². The van der Waals surface area contributed by atoms with Gasteiger partial charge in [0.15, 0.2) is 0 Å². The molecule has 7 heteroatoms. The lowest BCUT2D eigenvalue weighted by Crippen LogP contribution is -2.42. The van der Waals surface area contributed by atoms with Crippen LogP contribution in [0.25, 0.3) is 10.9 Å². The van der Waals surface area contributed by atoms with Crippen LogP contribution in [0, 0.1) is 6.92 Å². The van der Waals surface area contributed by atoms with E-state index in [2.05, 4.69) is 29.2 Å². The molecule has 2 aliphatic rings. The van der Waals surface area contributed by atoms with E-state index in [1.165, 1.54) is 27.2 Å². The molecule has 38 heavy (non-hydrogen) atoms. The molecule has 0 atom stereocenters. The molecule has 1 aromatic heterocycles. The summed E-state index contributed by atoms with van der Waals surface area (Å²) in [5.41, 5.74) is 4.93. The normalized spacial score (nSPS) is 17.3. The Morgan fingerprint density at radius 2 is 1.74 bits per heavy atom. The smallest absolute Gasteiger partial charge is 0.268 e. The van der Waals surface area contributed by atoms with Crippen molar-refractivity contribution in [2.75, 3.05) is 19.6 Å². The van der Waals surface area contributed by atoms with Crippen molar-refractivity contribution in [3.05, 3.63) is 95.2 Å². The molecule has 6 rings (SSSR count). The Morgan fingerprint density at radius 3 is 2.58 bits per heavy atom. The fourth-order valence-corrected chi connectivity index (χ4v) is 7.82. The molecule has 198 valence electrons. The first kappa shape index (κ1) is 25.2. The van der Waals surface area contributed by atoms with Gasteiger partial charge >= 0.3 is 0 Å². The SMILES string of the molecule is Cc1ccc(O)cc1S(=O)(=O)n1cc(CCCCN2CCC3(CC2)OCc2ccccc23)c2ccccc21. The molecule has 1 N–H and O–H groups in total. The predicted molar refractivity (Wildman–Crippen MR) is 149 cm³/mol. The first-order chi connectivity index (χ1) is 18.4. The molecular formula is C31H34N2O4S. The van der Waals surface area contributed by atoms with Gasteiger partial charge < -0.3 is 14.7 Å². The molecular weight excluding hydrogens is 496 g/mol. The minimum atomic E-state index is -3.84. The summed E-state index contributed by atoms with van der Waals surface area (Å²) in [6, 6.07) is 20.8. The fraction of sp³-hybridized carbons (Fsp3) is 0.355. The minimum absolute atomic E-state index is 0.0572. The number of aromatic nitrogens is 1. The van der Waals surface area contributed by atoms with Crippen molar-refractivity contribution in [1.82, 2.24) is 8.87 Å². The lowest BCUT2D eigenvalue weighted by molar-refractivity contribution is -0.0788. The van der Waals surface area contributed by atoms with Gasteiger partial charge in [-0.15, -0.1) is 0 Å². The number of unbranched alkanes of at least 4 members (excludes halogenated alkanes) is 1. The molecule has 0 radical (unpaired) electrons. The molecule has 6 nitrogen and oxygen atoms in total. The number of nitrogens with zero attached hydrogens (tertiary/aromatic N) is 2. The average Bonchev–Trinajstić information content (AvgIpc) is 3.49. The topological polar surface area (TPSA) is 71.8 Å². The van der Waals surface area contributed by atoms with Crippen LogP contribution in [-0.2, 0) is 33.4 Å². The Hall–Kier alpha value is -3.13. The molecule has 3 heterocycles. The van der Waals surface area contributed by atoms with Crippen molar-refractivity contribution >= 4 is 20.9 Å². The van der Waals surface area contributed by atoms with Crippen molar-refractivity contribution in [3.63, 3.8) is 0 Å². The van der Waals surface area contributed by atoms with Gasteiger partial charge in [0.2, 0.25) is 0 Å². The third-order valence-corrected chi connectivity index (χ3v) is 10.1. The molecule has 0 amide bonds. The number of phenolic OH excluding ortho intramolecular Hbond substituents is 1. The Kier molecular flexibility index (Phi) is 6.54.